The molecule has 0 saturated carbocycles. The molecule has 0 aliphatic rings. The molecule has 0 bridgehead atoms. The maximum Gasteiger partial charge on any atom is 0.270 e. The van der Waals surface area contributed by atoms with Crippen molar-refractivity contribution in [1.82, 2.24) is 0 Å². The molecule has 0 radical (unpaired) electrons. The van der Waals surface area contributed by atoms with Crippen LogP contribution in [0.5, 0.6) is 0 Å². The first-order chi connectivity index (χ1) is 8.51. The van der Waals surface area contributed by atoms with Gasteiger partial charge in [0.2, 0.25) is 0 Å². The maximum atomic E-state index is 12.7. The zero-order valence-electron chi connectivity index (χ0n) is 9.98. The summed E-state index contributed by atoms with van der Waals surface area (Å²) < 4.78 is 25.3. The Labute approximate surface area is 105 Å². The van der Waals surface area contributed by atoms with Crippen LogP contribution in [0.1, 0.15) is 12.5 Å². The summed E-state index contributed by atoms with van der Waals surface area (Å²) in [6, 6.07) is 16.2. The standard InChI is InChI=1S/C15H14F2O/c1-15(18,14(16)17)13-9-7-12(8-10-13)11-5-3-2-4-6-11/h2-10,14,18H,1H3. The van der Waals surface area contributed by atoms with Gasteiger partial charge in [0.1, 0.15) is 5.60 Å². The second-order valence-electron chi connectivity index (χ2n) is 4.39. The van der Waals surface area contributed by atoms with Gasteiger partial charge in [0.25, 0.3) is 6.43 Å². The zero-order valence-corrected chi connectivity index (χ0v) is 9.98. The second kappa shape index (κ2) is 4.86. The third-order valence-electron chi connectivity index (χ3n) is 3.00. The minimum Gasteiger partial charge on any atom is -0.379 e. The van der Waals surface area contributed by atoms with E-state index in [9.17, 15) is 13.9 Å². The van der Waals surface area contributed by atoms with E-state index in [1.54, 1.807) is 12.1 Å². The average molecular weight is 248 g/mol. The molecule has 1 nitrogen and oxygen atoms in total. The van der Waals surface area contributed by atoms with Gasteiger partial charge >= 0.3 is 0 Å². The van der Waals surface area contributed by atoms with Crippen LogP contribution >= 0.6 is 0 Å². The fourth-order valence-corrected chi connectivity index (χ4v) is 1.76. The Morgan fingerprint density at radius 3 is 1.89 bits per heavy atom. The lowest BCUT2D eigenvalue weighted by Gasteiger charge is -2.22. The fourth-order valence-electron chi connectivity index (χ4n) is 1.76. The third-order valence-corrected chi connectivity index (χ3v) is 3.00. The molecule has 0 spiro atoms. The lowest BCUT2D eigenvalue weighted by atomic mass is 9.94. The molecule has 94 valence electrons. The summed E-state index contributed by atoms with van der Waals surface area (Å²) >= 11 is 0. The number of benzene rings is 2. The van der Waals surface area contributed by atoms with E-state index < -0.39 is 12.0 Å². The molecule has 2 rings (SSSR count). The molecule has 0 heterocycles. The Morgan fingerprint density at radius 2 is 1.39 bits per heavy atom. The van der Waals surface area contributed by atoms with Gasteiger partial charge in [-0.1, -0.05) is 54.6 Å². The van der Waals surface area contributed by atoms with E-state index in [-0.39, 0.29) is 5.56 Å². The largest absolute Gasteiger partial charge is 0.379 e. The van der Waals surface area contributed by atoms with Crippen molar-refractivity contribution in [1.29, 1.82) is 0 Å². The molecule has 0 aliphatic heterocycles. The van der Waals surface area contributed by atoms with E-state index in [1.807, 2.05) is 30.3 Å². The van der Waals surface area contributed by atoms with Crippen molar-refractivity contribution < 1.29 is 13.9 Å². The molecule has 1 atom stereocenters. The summed E-state index contributed by atoms with van der Waals surface area (Å²) in [5.74, 6) is 0. The van der Waals surface area contributed by atoms with Gasteiger partial charge < -0.3 is 5.11 Å². The van der Waals surface area contributed by atoms with Crippen LogP contribution in [0.3, 0.4) is 0 Å². The highest BCUT2D eigenvalue weighted by molar-refractivity contribution is 5.63. The SMILES string of the molecule is CC(O)(c1ccc(-c2ccccc2)cc1)C(F)F. The van der Waals surface area contributed by atoms with E-state index in [4.69, 9.17) is 0 Å². The quantitative estimate of drug-likeness (QED) is 0.875. The van der Waals surface area contributed by atoms with Crippen molar-refractivity contribution in [2.45, 2.75) is 19.0 Å². The molecule has 3 heteroatoms. The predicted octanol–water partition coefficient (Wildman–Crippen LogP) is 3.83. The molecular formula is C15H14F2O. The summed E-state index contributed by atoms with van der Waals surface area (Å²) in [5.41, 5.74) is 0.0669. The van der Waals surface area contributed by atoms with Crippen molar-refractivity contribution in [3.8, 4) is 11.1 Å². The van der Waals surface area contributed by atoms with Crippen molar-refractivity contribution >= 4 is 0 Å². The molecule has 1 N–H and O–H groups in total. The molecule has 0 amide bonds. The number of rotatable bonds is 3. The molecule has 2 aromatic rings. The van der Waals surface area contributed by atoms with Gasteiger partial charge in [-0.05, 0) is 23.6 Å². The number of alkyl halides is 2. The number of aliphatic hydroxyl groups is 1. The van der Waals surface area contributed by atoms with Gasteiger partial charge in [0.15, 0.2) is 0 Å². The zero-order chi connectivity index (χ0) is 13.2. The van der Waals surface area contributed by atoms with Crippen LogP contribution in [0, 0.1) is 0 Å². The molecule has 1 unspecified atom stereocenters. The Kier molecular flexibility index (Phi) is 3.43. The van der Waals surface area contributed by atoms with Crippen LogP contribution in [0.15, 0.2) is 54.6 Å². The van der Waals surface area contributed by atoms with Gasteiger partial charge in [0, 0.05) is 0 Å². The van der Waals surface area contributed by atoms with Gasteiger partial charge in [-0.2, -0.15) is 0 Å². The molecular weight excluding hydrogens is 234 g/mol. The summed E-state index contributed by atoms with van der Waals surface area (Å²) in [5, 5.41) is 9.67. The summed E-state index contributed by atoms with van der Waals surface area (Å²) in [4.78, 5) is 0. The average Bonchev–Trinajstić information content (AvgIpc) is 2.40. The maximum absolute atomic E-state index is 12.7. The van der Waals surface area contributed by atoms with Gasteiger partial charge in [-0.3, -0.25) is 0 Å². The first kappa shape index (κ1) is 12.7. The normalized spacial score (nSPS) is 14.5. The lowest BCUT2D eigenvalue weighted by molar-refractivity contribution is -0.0883. The summed E-state index contributed by atoms with van der Waals surface area (Å²) in [7, 11) is 0. The van der Waals surface area contributed by atoms with E-state index in [0.29, 0.717) is 0 Å². The lowest BCUT2D eigenvalue weighted by Crippen LogP contribution is -2.30. The molecule has 0 aromatic heterocycles. The van der Waals surface area contributed by atoms with Crippen molar-refractivity contribution in [2.75, 3.05) is 0 Å². The Hall–Kier alpha value is -1.74. The van der Waals surface area contributed by atoms with Gasteiger partial charge in [-0.25, -0.2) is 8.78 Å². The minimum atomic E-state index is -2.81. The Balaban J connectivity index is 2.32. The van der Waals surface area contributed by atoms with Gasteiger partial charge in [-0.15, -0.1) is 0 Å². The van der Waals surface area contributed by atoms with E-state index >= 15 is 0 Å². The second-order valence-corrected chi connectivity index (χ2v) is 4.39. The molecule has 0 fully saturated rings. The Morgan fingerprint density at radius 1 is 0.889 bits per heavy atom. The highest BCUT2D eigenvalue weighted by Crippen LogP contribution is 2.29. The highest BCUT2D eigenvalue weighted by Gasteiger charge is 2.33. The van der Waals surface area contributed by atoms with Crippen molar-refractivity contribution in [2.24, 2.45) is 0 Å². The summed E-state index contributed by atoms with van der Waals surface area (Å²) in [6.45, 7) is 1.12. The number of hydrogen-bond acceptors (Lipinski definition) is 1. The van der Waals surface area contributed by atoms with E-state index in [0.717, 1.165) is 18.1 Å². The first-order valence-corrected chi connectivity index (χ1v) is 5.68. The Bertz CT molecular complexity index is 504. The summed E-state index contributed by atoms with van der Waals surface area (Å²) in [6.07, 6.45) is -2.81. The number of halogens is 2. The smallest absolute Gasteiger partial charge is 0.270 e. The van der Waals surface area contributed by atoms with Crippen LogP contribution in [-0.2, 0) is 5.60 Å². The monoisotopic (exact) mass is 248 g/mol. The molecule has 2 aromatic carbocycles. The molecule has 0 aliphatic carbocycles. The molecule has 0 saturated heterocycles. The fraction of sp³-hybridized carbons (Fsp3) is 0.200. The molecule has 18 heavy (non-hydrogen) atoms. The number of hydrogen-bond donors (Lipinski definition) is 1. The minimum absolute atomic E-state index is 0.220. The van der Waals surface area contributed by atoms with E-state index in [1.165, 1.54) is 12.1 Å². The van der Waals surface area contributed by atoms with Gasteiger partial charge in [0.05, 0.1) is 0 Å². The topological polar surface area (TPSA) is 20.2 Å². The van der Waals surface area contributed by atoms with E-state index in [2.05, 4.69) is 0 Å². The van der Waals surface area contributed by atoms with Crippen molar-refractivity contribution in [3.63, 3.8) is 0 Å². The highest BCUT2D eigenvalue weighted by atomic mass is 19.3. The van der Waals surface area contributed by atoms with Crippen LogP contribution in [0.2, 0.25) is 0 Å². The third kappa shape index (κ3) is 2.41. The van der Waals surface area contributed by atoms with Crippen LogP contribution < -0.4 is 0 Å². The predicted molar refractivity (Wildman–Crippen MR) is 67.5 cm³/mol. The van der Waals surface area contributed by atoms with Crippen LogP contribution in [0.25, 0.3) is 11.1 Å². The van der Waals surface area contributed by atoms with Crippen molar-refractivity contribution in [3.05, 3.63) is 60.2 Å². The first-order valence-electron chi connectivity index (χ1n) is 5.68. The van der Waals surface area contributed by atoms with Crippen LogP contribution in [0.4, 0.5) is 8.78 Å². The van der Waals surface area contributed by atoms with Crippen LogP contribution in [-0.4, -0.2) is 11.5 Å².